The minimum Gasteiger partial charge on any atom is -0.351 e. The van der Waals surface area contributed by atoms with Crippen molar-refractivity contribution >= 4 is 5.91 Å². The molecule has 0 saturated heterocycles. The zero-order chi connectivity index (χ0) is 16.1. The Kier molecular flexibility index (Phi) is 5.33. The molecule has 0 fully saturated rings. The van der Waals surface area contributed by atoms with Gasteiger partial charge in [-0.05, 0) is 39.6 Å². The molecular weight excluding hydrogens is 276 g/mol. The van der Waals surface area contributed by atoms with Crippen molar-refractivity contribution in [2.24, 2.45) is 0 Å². The predicted molar refractivity (Wildman–Crippen MR) is 88.6 cm³/mol. The lowest BCUT2D eigenvalue weighted by Gasteiger charge is -2.11. The van der Waals surface area contributed by atoms with Gasteiger partial charge in [0.2, 0.25) is 0 Å². The standard InChI is InChI=1S/C17H24N4O/c1-5-15-16(17(22)18-11-12-20(3)4)13(2)19-21(15)14-9-7-6-8-10-14/h6-10H,5,11-12H2,1-4H3,(H,18,22). The molecule has 2 aromatic rings. The van der Waals surface area contributed by atoms with E-state index >= 15 is 0 Å². The Balaban J connectivity index is 2.29. The minimum absolute atomic E-state index is 0.0432. The van der Waals surface area contributed by atoms with Crippen molar-refractivity contribution in [3.05, 3.63) is 47.3 Å². The molecule has 1 aromatic carbocycles. The molecule has 1 heterocycles. The van der Waals surface area contributed by atoms with Gasteiger partial charge in [0, 0.05) is 13.1 Å². The molecule has 22 heavy (non-hydrogen) atoms. The SMILES string of the molecule is CCc1c(C(=O)NCCN(C)C)c(C)nn1-c1ccccc1. The van der Waals surface area contributed by atoms with Crippen LogP contribution in [-0.2, 0) is 6.42 Å². The summed E-state index contributed by atoms with van der Waals surface area (Å²) in [5.74, 6) is -0.0432. The summed E-state index contributed by atoms with van der Waals surface area (Å²) in [6.07, 6.45) is 0.756. The van der Waals surface area contributed by atoms with E-state index in [2.05, 4.69) is 10.4 Å². The second-order valence-electron chi connectivity index (χ2n) is 5.57. The first-order valence-electron chi connectivity index (χ1n) is 7.61. The molecule has 1 amide bonds. The van der Waals surface area contributed by atoms with Crippen LogP contribution in [0.5, 0.6) is 0 Å². The van der Waals surface area contributed by atoms with Crippen molar-refractivity contribution in [3.63, 3.8) is 0 Å². The monoisotopic (exact) mass is 300 g/mol. The molecule has 2 rings (SSSR count). The number of aromatic nitrogens is 2. The third-order valence-corrected chi connectivity index (χ3v) is 3.56. The van der Waals surface area contributed by atoms with Crippen molar-refractivity contribution in [3.8, 4) is 5.69 Å². The molecule has 0 atom stereocenters. The molecule has 0 aliphatic rings. The fourth-order valence-electron chi connectivity index (χ4n) is 2.46. The molecule has 0 saturated carbocycles. The number of amides is 1. The number of carbonyl (C=O) groups is 1. The molecule has 5 nitrogen and oxygen atoms in total. The van der Waals surface area contributed by atoms with Crippen molar-refractivity contribution in [2.45, 2.75) is 20.3 Å². The number of benzene rings is 1. The summed E-state index contributed by atoms with van der Waals surface area (Å²) in [5, 5.41) is 7.54. The van der Waals surface area contributed by atoms with Gasteiger partial charge in [0.1, 0.15) is 0 Å². The summed E-state index contributed by atoms with van der Waals surface area (Å²) in [7, 11) is 3.98. The molecule has 0 spiro atoms. The third kappa shape index (κ3) is 3.54. The van der Waals surface area contributed by atoms with Gasteiger partial charge in [-0.2, -0.15) is 5.10 Å². The van der Waals surface area contributed by atoms with E-state index in [1.807, 2.05) is 67.9 Å². The Bertz CT molecular complexity index is 632. The second-order valence-corrected chi connectivity index (χ2v) is 5.57. The maximum atomic E-state index is 12.5. The van der Waals surface area contributed by atoms with Crippen LogP contribution in [0.25, 0.3) is 5.69 Å². The van der Waals surface area contributed by atoms with Crippen LogP contribution < -0.4 is 5.32 Å². The van der Waals surface area contributed by atoms with Crippen molar-refractivity contribution in [2.75, 3.05) is 27.2 Å². The molecule has 1 N–H and O–H groups in total. The summed E-state index contributed by atoms with van der Waals surface area (Å²) >= 11 is 0. The predicted octanol–water partition coefficient (Wildman–Crippen LogP) is 2.03. The Morgan fingerprint density at radius 1 is 1.27 bits per heavy atom. The van der Waals surface area contributed by atoms with E-state index in [0.717, 1.165) is 30.0 Å². The zero-order valence-corrected chi connectivity index (χ0v) is 13.8. The van der Waals surface area contributed by atoms with E-state index in [0.29, 0.717) is 12.1 Å². The Morgan fingerprint density at radius 3 is 2.55 bits per heavy atom. The zero-order valence-electron chi connectivity index (χ0n) is 13.8. The maximum absolute atomic E-state index is 12.5. The van der Waals surface area contributed by atoms with Crippen molar-refractivity contribution < 1.29 is 4.79 Å². The van der Waals surface area contributed by atoms with Crippen LogP contribution in [0.3, 0.4) is 0 Å². The topological polar surface area (TPSA) is 50.2 Å². The summed E-state index contributed by atoms with van der Waals surface area (Å²) in [4.78, 5) is 14.5. The lowest BCUT2D eigenvalue weighted by molar-refractivity contribution is 0.0949. The van der Waals surface area contributed by atoms with E-state index in [4.69, 9.17) is 0 Å². The summed E-state index contributed by atoms with van der Waals surface area (Å²) in [5.41, 5.74) is 3.40. The Labute approximate surface area is 131 Å². The number of nitrogens with zero attached hydrogens (tertiary/aromatic N) is 3. The maximum Gasteiger partial charge on any atom is 0.255 e. The lowest BCUT2D eigenvalue weighted by atomic mass is 10.1. The Morgan fingerprint density at radius 2 is 1.95 bits per heavy atom. The van der Waals surface area contributed by atoms with Gasteiger partial charge in [-0.15, -0.1) is 0 Å². The van der Waals surface area contributed by atoms with Gasteiger partial charge < -0.3 is 10.2 Å². The fraction of sp³-hybridized carbons (Fsp3) is 0.412. The molecule has 0 bridgehead atoms. The van der Waals surface area contributed by atoms with Gasteiger partial charge in [0.15, 0.2) is 0 Å². The number of hydrogen-bond donors (Lipinski definition) is 1. The number of rotatable bonds is 6. The van der Waals surface area contributed by atoms with Gasteiger partial charge in [-0.25, -0.2) is 4.68 Å². The lowest BCUT2D eigenvalue weighted by Crippen LogP contribution is -2.32. The number of carbonyl (C=O) groups excluding carboxylic acids is 1. The number of aryl methyl sites for hydroxylation is 1. The average Bonchev–Trinajstić information content (AvgIpc) is 2.84. The third-order valence-electron chi connectivity index (χ3n) is 3.56. The molecule has 0 aliphatic heterocycles. The number of hydrogen-bond acceptors (Lipinski definition) is 3. The van der Waals surface area contributed by atoms with E-state index in [1.54, 1.807) is 0 Å². The first-order valence-corrected chi connectivity index (χ1v) is 7.61. The van der Waals surface area contributed by atoms with Crippen LogP contribution in [0.15, 0.2) is 30.3 Å². The molecule has 0 unspecified atom stereocenters. The largest absolute Gasteiger partial charge is 0.351 e. The fourth-order valence-corrected chi connectivity index (χ4v) is 2.46. The Hall–Kier alpha value is -2.14. The van der Waals surface area contributed by atoms with Crippen molar-refractivity contribution in [1.29, 1.82) is 0 Å². The van der Waals surface area contributed by atoms with E-state index in [1.165, 1.54) is 0 Å². The molecule has 5 heteroatoms. The average molecular weight is 300 g/mol. The van der Waals surface area contributed by atoms with Gasteiger partial charge in [0.25, 0.3) is 5.91 Å². The van der Waals surface area contributed by atoms with Gasteiger partial charge in [-0.1, -0.05) is 25.1 Å². The van der Waals surface area contributed by atoms with Crippen LogP contribution in [0, 0.1) is 6.92 Å². The second kappa shape index (κ2) is 7.22. The van der Waals surface area contributed by atoms with Gasteiger partial charge >= 0.3 is 0 Å². The van der Waals surface area contributed by atoms with E-state index in [-0.39, 0.29) is 5.91 Å². The molecule has 0 aliphatic carbocycles. The first kappa shape index (κ1) is 16.2. The van der Waals surface area contributed by atoms with Crippen molar-refractivity contribution in [1.82, 2.24) is 20.0 Å². The summed E-state index contributed by atoms with van der Waals surface area (Å²) in [6.45, 7) is 5.38. The van der Waals surface area contributed by atoms with Crippen LogP contribution in [0.4, 0.5) is 0 Å². The quantitative estimate of drug-likeness (QED) is 0.888. The van der Waals surface area contributed by atoms with Crippen LogP contribution in [0.1, 0.15) is 28.7 Å². The number of para-hydroxylation sites is 1. The highest BCUT2D eigenvalue weighted by Gasteiger charge is 2.20. The summed E-state index contributed by atoms with van der Waals surface area (Å²) in [6, 6.07) is 9.92. The molecular formula is C17H24N4O. The number of likely N-dealkylation sites (N-methyl/N-ethyl adjacent to an activating group) is 1. The van der Waals surface area contributed by atoms with E-state index in [9.17, 15) is 4.79 Å². The van der Waals surface area contributed by atoms with Gasteiger partial charge in [0.05, 0.1) is 22.6 Å². The molecule has 118 valence electrons. The number of nitrogens with one attached hydrogen (secondary N) is 1. The molecule has 1 aromatic heterocycles. The van der Waals surface area contributed by atoms with Crippen LogP contribution in [0.2, 0.25) is 0 Å². The normalized spacial score (nSPS) is 11.0. The summed E-state index contributed by atoms with van der Waals surface area (Å²) < 4.78 is 1.87. The highest BCUT2D eigenvalue weighted by molar-refractivity contribution is 5.96. The first-order chi connectivity index (χ1) is 10.5. The highest BCUT2D eigenvalue weighted by Crippen LogP contribution is 2.19. The van der Waals surface area contributed by atoms with Crippen LogP contribution in [-0.4, -0.2) is 47.8 Å². The minimum atomic E-state index is -0.0432. The molecule has 0 radical (unpaired) electrons. The van der Waals surface area contributed by atoms with Gasteiger partial charge in [-0.3, -0.25) is 4.79 Å². The van der Waals surface area contributed by atoms with E-state index < -0.39 is 0 Å². The smallest absolute Gasteiger partial charge is 0.255 e. The highest BCUT2D eigenvalue weighted by atomic mass is 16.1. The van der Waals surface area contributed by atoms with Crippen LogP contribution >= 0.6 is 0 Å².